The van der Waals surface area contributed by atoms with Crippen molar-refractivity contribution in [1.29, 1.82) is 0 Å². The van der Waals surface area contributed by atoms with Crippen LogP contribution in [0, 0.1) is 13.8 Å². The van der Waals surface area contributed by atoms with Crippen LogP contribution in [-0.4, -0.2) is 29.6 Å². The third-order valence-electron chi connectivity index (χ3n) is 6.14. The molecule has 0 atom stereocenters. The first-order valence-electron chi connectivity index (χ1n) is 11.9. The van der Waals surface area contributed by atoms with Crippen LogP contribution in [0.1, 0.15) is 47.6 Å². The summed E-state index contributed by atoms with van der Waals surface area (Å²) in [6, 6.07) is 22.5. The Bertz CT molecular complexity index is 1260. The van der Waals surface area contributed by atoms with E-state index in [0.717, 1.165) is 39.7 Å². The first-order chi connectivity index (χ1) is 16.9. The fourth-order valence-corrected chi connectivity index (χ4v) is 5.06. The van der Waals surface area contributed by atoms with Gasteiger partial charge in [-0.15, -0.1) is 0 Å². The molecule has 0 aliphatic carbocycles. The monoisotopic (exact) mass is 484 g/mol. The van der Waals surface area contributed by atoms with Gasteiger partial charge in [-0.1, -0.05) is 61.9 Å². The van der Waals surface area contributed by atoms with Gasteiger partial charge in [-0.05, 0) is 90.5 Å². The van der Waals surface area contributed by atoms with Crippen molar-refractivity contribution in [3.63, 3.8) is 0 Å². The quantitative estimate of drug-likeness (QED) is 0.331. The van der Waals surface area contributed by atoms with Crippen LogP contribution in [0.4, 0.5) is 5.69 Å². The van der Waals surface area contributed by atoms with Gasteiger partial charge in [-0.3, -0.25) is 9.69 Å². The lowest BCUT2D eigenvalue weighted by molar-refractivity contribution is -0.122. The van der Waals surface area contributed by atoms with Crippen molar-refractivity contribution in [2.75, 3.05) is 13.7 Å². The first-order valence-corrected chi connectivity index (χ1v) is 12.8. The van der Waals surface area contributed by atoms with Gasteiger partial charge < -0.3 is 4.74 Å². The van der Waals surface area contributed by atoms with Crippen LogP contribution in [-0.2, 0) is 11.2 Å². The van der Waals surface area contributed by atoms with Gasteiger partial charge >= 0.3 is 0 Å². The predicted molar refractivity (Wildman–Crippen MR) is 148 cm³/mol. The number of carbonyl (C=O) groups is 1. The van der Waals surface area contributed by atoms with E-state index >= 15 is 0 Å². The molecule has 3 aromatic carbocycles. The Morgan fingerprint density at radius 1 is 1.03 bits per heavy atom. The van der Waals surface area contributed by atoms with E-state index in [1.807, 2.05) is 53.4 Å². The predicted octanol–water partition coefficient (Wildman–Crippen LogP) is 7.28. The zero-order valence-electron chi connectivity index (χ0n) is 21.0. The van der Waals surface area contributed by atoms with Crippen molar-refractivity contribution in [3.05, 3.63) is 99.5 Å². The molecule has 35 heavy (non-hydrogen) atoms. The molecule has 0 aromatic heterocycles. The highest BCUT2D eigenvalue weighted by molar-refractivity contribution is 8.18. The van der Waals surface area contributed by atoms with Crippen LogP contribution < -0.4 is 4.74 Å². The second-order valence-corrected chi connectivity index (χ2v) is 10.1. The Kier molecular flexibility index (Phi) is 7.76. The molecule has 0 radical (unpaired) electrons. The molecule has 1 aliphatic heterocycles. The normalized spacial score (nSPS) is 16.1. The SMILES string of the molecule is COc1cc(C)c(/C=C2/SC(=Nc3ccc(C)cc3)N(CCc3ccccc3)C2=O)cc1C(C)C. The van der Waals surface area contributed by atoms with E-state index in [4.69, 9.17) is 9.73 Å². The lowest BCUT2D eigenvalue weighted by atomic mass is 9.96. The lowest BCUT2D eigenvalue weighted by Gasteiger charge is -2.16. The highest BCUT2D eigenvalue weighted by Gasteiger charge is 2.33. The maximum Gasteiger partial charge on any atom is 0.266 e. The summed E-state index contributed by atoms with van der Waals surface area (Å²) in [5.41, 5.74) is 6.47. The number of aliphatic imine (C=N–C) groups is 1. The molecule has 1 saturated heterocycles. The van der Waals surface area contributed by atoms with Crippen LogP contribution in [0.3, 0.4) is 0 Å². The maximum absolute atomic E-state index is 13.6. The number of amidine groups is 1. The number of nitrogens with zero attached hydrogens (tertiary/aromatic N) is 2. The molecule has 3 aromatic rings. The summed E-state index contributed by atoms with van der Waals surface area (Å²) >= 11 is 1.45. The van der Waals surface area contributed by atoms with Crippen LogP contribution in [0.2, 0.25) is 0 Å². The minimum Gasteiger partial charge on any atom is -0.496 e. The second kappa shape index (κ2) is 11.0. The van der Waals surface area contributed by atoms with Crippen LogP contribution in [0.15, 0.2) is 76.6 Å². The third-order valence-corrected chi connectivity index (χ3v) is 7.15. The minimum absolute atomic E-state index is 0.00175. The Balaban J connectivity index is 1.69. The molecular formula is C30H32N2O2S. The molecule has 0 spiro atoms. The summed E-state index contributed by atoms with van der Waals surface area (Å²) in [6.45, 7) is 8.99. The molecule has 0 N–H and O–H groups in total. The van der Waals surface area contributed by atoms with Crippen molar-refractivity contribution in [3.8, 4) is 5.75 Å². The Hall–Kier alpha value is -3.31. The Labute approximate surface area is 212 Å². The second-order valence-electron chi connectivity index (χ2n) is 9.14. The summed E-state index contributed by atoms with van der Waals surface area (Å²) in [5.74, 6) is 1.20. The van der Waals surface area contributed by atoms with E-state index < -0.39 is 0 Å². The van der Waals surface area contributed by atoms with Crippen molar-refractivity contribution >= 4 is 34.6 Å². The van der Waals surface area contributed by atoms with Crippen molar-refractivity contribution < 1.29 is 9.53 Å². The number of amides is 1. The highest BCUT2D eigenvalue weighted by atomic mass is 32.2. The number of thioether (sulfide) groups is 1. The molecule has 1 heterocycles. The molecule has 1 aliphatic rings. The molecular weight excluding hydrogens is 452 g/mol. The van der Waals surface area contributed by atoms with E-state index in [1.54, 1.807) is 7.11 Å². The van der Waals surface area contributed by atoms with Crippen LogP contribution >= 0.6 is 11.8 Å². The van der Waals surface area contributed by atoms with Gasteiger partial charge in [0.2, 0.25) is 0 Å². The van der Waals surface area contributed by atoms with Gasteiger partial charge in [-0.2, -0.15) is 0 Å². The number of hydrogen-bond acceptors (Lipinski definition) is 4. The topological polar surface area (TPSA) is 41.9 Å². The number of benzene rings is 3. The van der Waals surface area contributed by atoms with Gasteiger partial charge in [0.1, 0.15) is 5.75 Å². The highest BCUT2D eigenvalue weighted by Crippen LogP contribution is 2.36. The van der Waals surface area contributed by atoms with E-state index in [2.05, 4.69) is 52.0 Å². The largest absolute Gasteiger partial charge is 0.496 e. The number of carbonyl (C=O) groups excluding carboxylic acids is 1. The van der Waals surface area contributed by atoms with E-state index in [-0.39, 0.29) is 5.91 Å². The Morgan fingerprint density at radius 3 is 2.40 bits per heavy atom. The third kappa shape index (κ3) is 5.85. The van der Waals surface area contributed by atoms with Gasteiger partial charge in [-0.25, -0.2) is 4.99 Å². The van der Waals surface area contributed by atoms with Crippen molar-refractivity contribution in [2.45, 2.75) is 40.0 Å². The number of aryl methyl sites for hydroxylation is 2. The smallest absolute Gasteiger partial charge is 0.266 e. The van der Waals surface area contributed by atoms with E-state index in [1.165, 1.54) is 22.9 Å². The molecule has 180 valence electrons. The zero-order valence-corrected chi connectivity index (χ0v) is 21.9. The summed E-state index contributed by atoms with van der Waals surface area (Å²) in [5, 5.41) is 0.719. The summed E-state index contributed by atoms with van der Waals surface area (Å²) in [6.07, 6.45) is 2.77. The van der Waals surface area contributed by atoms with Gasteiger partial charge in [0.05, 0.1) is 17.7 Å². The number of rotatable bonds is 7. The average molecular weight is 485 g/mol. The van der Waals surface area contributed by atoms with Crippen LogP contribution in [0.5, 0.6) is 5.75 Å². The summed E-state index contributed by atoms with van der Waals surface area (Å²) in [7, 11) is 1.70. The van der Waals surface area contributed by atoms with Gasteiger partial charge in [0.15, 0.2) is 5.17 Å². The molecule has 4 rings (SSSR count). The molecule has 4 nitrogen and oxygen atoms in total. The van der Waals surface area contributed by atoms with Crippen LogP contribution in [0.25, 0.3) is 6.08 Å². The van der Waals surface area contributed by atoms with E-state index in [9.17, 15) is 4.79 Å². The summed E-state index contributed by atoms with van der Waals surface area (Å²) in [4.78, 5) is 20.9. The average Bonchev–Trinajstić information content (AvgIpc) is 3.14. The maximum atomic E-state index is 13.6. The first kappa shape index (κ1) is 24.8. The molecule has 5 heteroatoms. The molecule has 1 amide bonds. The van der Waals surface area contributed by atoms with Gasteiger partial charge in [0.25, 0.3) is 5.91 Å². The fraction of sp³-hybridized carbons (Fsp3) is 0.267. The number of methoxy groups -OCH3 is 1. The van der Waals surface area contributed by atoms with Crippen molar-refractivity contribution in [1.82, 2.24) is 4.90 Å². The minimum atomic E-state index is -0.00175. The standard InChI is InChI=1S/C30H32N2O2S/c1-20(2)26-18-24(22(4)17-27(26)34-5)19-28-29(33)32(16-15-23-9-7-6-8-10-23)30(35-28)31-25-13-11-21(3)12-14-25/h6-14,17-20H,15-16H2,1-5H3/b28-19+,31-30?. The zero-order chi connectivity index (χ0) is 24.9. The summed E-state index contributed by atoms with van der Waals surface area (Å²) < 4.78 is 5.60. The number of ether oxygens (including phenoxy) is 1. The molecule has 1 fully saturated rings. The number of hydrogen-bond donors (Lipinski definition) is 0. The Morgan fingerprint density at radius 2 is 1.74 bits per heavy atom. The lowest BCUT2D eigenvalue weighted by Crippen LogP contribution is -2.31. The van der Waals surface area contributed by atoms with Gasteiger partial charge in [0, 0.05) is 6.54 Å². The van der Waals surface area contributed by atoms with E-state index in [0.29, 0.717) is 17.4 Å². The molecule has 0 unspecified atom stereocenters. The molecule has 0 bridgehead atoms. The molecule has 0 saturated carbocycles. The van der Waals surface area contributed by atoms with Crippen molar-refractivity contribution in [2.24, 2.45) is 4.99 Å². The fourth-order valence-electron chi connectivity index (χ4n) is 4.04.